The summed E-state index contributed by atoms with van der Waals surface area (Å²) in [6, 6.07) is 8.62. The van der Waals surface area contributed by atoms with Crippen LogP contribution in [0, 0.1) is 5.92 Å². The van der Waals surface area contributed by atoms with Crippen molar-refractivity contribution in [2.75, 3.05) is 47.5 Å². The number of hydrogen-bond acceptors (Lipinski definition) is 4. The fraction of sp³-hybridized carbons (Fsp3) is 0.667. The summed E-state index contributed by atoms with van der Waals surface area (Å²) in [7, 11) is 6.01. The largest absolute Gasteiger partial charge is 0.497 e. The topological polar surface area (TPSA) is 58.1 Å². The predicted molar refractivity (Wildman–Crippen MR) is 111 cm³/mol. The number of methoxy groups -OCH3 is 1. The van der Waals surface area contributed by atoms with Gasteiger partial charge in [-0.05, 0) is 63.9 Å². The second-order valence-electron chi connectivity index (χ2n) is 7.24. The predicted octanol–water partition coefficient (Wildman–Crippen LogP) is 2.50. The second kappa shape index (κ2) is 11.8. The fourth-order valence-corrected chi connectivity index (χ4v) is 3.05. The molecule has 0 bridgehead atoms. The van der Waals surface area contributed by atoms with Crippen molar-refractivity contribution < 1.29 is 9.47 Å². The van der Waals surface area contributed by atoms with Gasteiger partial charge in [-0.3, -0.25) is 0 Å². The van der Waals surface area contributed by atoms with Crippen LogP contribution >= 0.6 is 0 Å². The third-order valence-electron chi connectivity index (χ3n) is 4.85. The van der Waals surface area contributed by atoms with E-state index >= 15 is 0 Å². The van der Waals surface area contributed by atoms with E-state index in [1.807, 2.05) is 19.1 Å². The van der Waals surface area contributed by atoms with Gasteiger partial charge in [0, 0.05) is 32.3 Å². The number of ether oxygens (including phenoxy) is 2. The average Bonchev–Trinajstić information content (AvgIpc) is 3.50. The summed E-state index contributed by atoms with van der Waals surface area (Å²) in [6.45, 7) is 5.97. The Morgan fingerprint density at radius 1 is 1.22 bits per heavy atom. The van der Waals surface area contributed by atoms with Gasteiger partial charge in [-0.1, -0.05) is 12.1 Å². The van der Waals surface area contributed by atoms with Gasteiger partial charge in [0.2, 0.25) is 0 Å². The van der Waals surface area contributed by atoms with Gasteiger partial charge in [0.1, 0.15) is 5.75 Å². The maximum absolute atomic E-state index is 5.42. The number of nitrogens with zero attached hydrogens (tertiary/aromatic N) is 2. The molecular formula is C21H36N4O2. The van der Waals surface area contributed by atoms with Crippen molar-refractivity contribution in [2.24, 2.45) is 10.9 Å². The van der Waals surface area contributed by atoms with Gasteiger partial charge >= 0.3 is 0 Å². The van der Waals surface area contributed by atoms with Crippen molar-refractivity contribution in [3.8, 4) is 5.75 Å². The molecule has 1 aromatic rings. The molecule has 1 atom stereocenters. The summed E-state index contributed by atoms with van der Waals surface area (Å²) in [5.74, 6) is 2.55. The molecule has 6 heteroatoms. The van der Waals surface area contributed by atoms with Gasteiger partial charge in [-0.2, -0.15) is 0 Å². The highest BCUT2D eigenvalue weighted by Crippen LogP contribution is 2.34. The Labute approximate surface area is 164 Å². The Morgan fingerprint density at radius 3 is 2.56 bits per heavy atom. The lowest BCUT2D eigenvalue weighted by Crippen LogP contribution is -2.46. The highest BCUT2D eigenvalue weighted by Gasteiger charge is 2.32. The Balaban J connectivity index is 1.89. The number of guanidine groups is 1. The van der Waals surface area contributed by atoms with Gasteiger partial charge in [0.25, 0.3) is 0 Å². The van der Waals surface area contributed by atoms with Gasteiger partial charge in [-0.25, -0.2) is 4.99 Å². The monoisotopic (exact) mass is 376 g/mol. The molecule has 0 heterocycles. The highest BCUT2D eigenvalue weighted by atomic mass is 16.5. The standard InChI is InChI=1S/C21H36N4O2/c1-5-27-14-6-13-22-21(24-16-20(25(2)3)18-9-10-18)23-15-17-7-11-19(26-4)12-8-17/h7-8,11-12,18,20H,5-6,9-10,13-16H2,1-4H3,(H2,22,23,24). The zero-order chi connectivity index (χ0) is 19.5. The van der Waals surface area contributed by atoms with Crippen LogP contribution in [0.2, 0.25) is 0 Å². The van der Waals surface area contributed by atoms with Crippen molar-refractivity contribution in [3.63, 3.8) is 0 Å². The van der Waals surface area contributed by atoms with Crippen LogP contribution in [0.3, 0.4) is 0 Å². The number of nitrogens with one attached hydrogen (secondary N) is 2. The second-order valence-corrected chi connectivity index (χ2v) is 7.24. The molecule has 1 unspecified atom stereocenters. The lowest BCUT2D eigenvalue weighted by atomic mass is 10.1. The Kier molecular flexibility index (Phi) is 9.42. The van der Waals surface area contributed by atoms with Crippen LogP contribution in [0.15, 0.2) is 29.3 Å². The van der Waals surface area contributed by atoms with E-state index in [0.717, 1.165) is 55.9 Å². The summed E-state index contributed by atoms with van der Waals surface area (Å²) < 4.78 is 10.6. The molecule has 0 saturated heterocycles. The quantitative estimate of drug-likeness (QED) is 0.333. The van der Waals surface area contributed by atoms with Gasteiger partial charge < -0.3 is 25.0 Å². The number of likely N-dealkylation sites (N-methyl/N-ethyl adjacent to an activating group) is 1. The molecule has 6 nitrogen and oxygen atoms in total. The number of aliphatic imine (C=N–C) groups is 1. The molecule has 0 radical (unpaired) electrons. The lowest BCUT2D eigenvalue weighted by molar-refractivity contribution is 0.145. The SMILES string of the molecule is CCOCCCNC(=NCc1ccc(OC)cc1)NCC(C1CC1)N(C)C. The number of hydrogen-bond donors (Lipinski definition) is 2. The molecule has 1 aliphatic carbocycles. The van der Waals surface area contributed by atoms with Gasteiger partial charge in [-0.15, -0.1) is 0 Å². The van der Waals surface area contributed by atoms with Crippen LogP contribution in [-0.4, -0.2) is 64.4 Å². The van der Waals surface area contributed by atoms with E-state index < -0.39 is 0 Å². The molecule has 1 aliphatic rings. The van der Waals surface area contributed by atoms with Crippen molar-refractivity contribution in [1.29, 1.82) is 0 Å². The molecule has 27 heavy (non-hydrogen) atoms. The smallest absolute Gasteiger partial charge is 0.191 e. The fourth-order valence-electron chi connectivity index (χ4n) is 3.05. The first kappa shape index (κ1) is 21.5. The van der Waals surface area contributed by atoms with E-state index in [1.165, 1.54) is 12.8 Å². The van der Waals surface area contributed by atoms with Crippen LogP contribution in [0.5, 0.6) is 5.75 Å². The van der Waals surface area contributed by atoms with Gasteiger partial charge in [0.15, 0.2) is 5.96 Å². The van der Waals surface area contributed by atoms with Crippen LogP contribution in [0.1, 0.15) is 31.7 Å². The maximum Gasteiger partial charge on any atom is 0.191 e. The summed E-state index contributed by atoms with van der Waals surface area (Å²) in [5.41, 5.74) is 1.16. The summed E-state index contributed by atoms with van der Waals surface area (Å²) in [4.78, 5) is 7.09. The van der Waals surface area contributed by atoms with E-state index in [2.05, 4.69) is 41.8 Å². The minimum absolute atomic E-state index is 0.557. The van der Waals surface area contributed by atoms with E-state index in [0.29, 0.717) is 12.6 Å². The van der Waals surface area contributed by atoms with Crippen LogP contribution in [-0.2, 0) is 11.3 Å². The first-order chi connectivity index (χ1) is 13.1. The van der Waals surface area contributed by atoms with Crippen molar-refractivity contribution in [3.05, 3.63) is 29.8 Å². The van der Waals surface area contributed by atoms with Crippen LogP contribution in [0.4, 0.5) is 0 Å². The Bertz CT molecular complexity index is 554. The van der Waals surface area contributed by atoms with Crippen LogP contribution < -0.4 is 15.4 Å². The molecule has 1 fully saturated rings. The van der Waals surface area contributed by atoms with Crippen molar-refractivity contribution >= 4 is 5.96 Å². The van der Waals surface area contributed by atoms with E-state index in [1.54, 1.807) is 7.11 Å². The third kappa shape index (κ3) is 8.18. The molecule has 152 valence electrons. The molecule has 1 saturated carbocycles. The van der Waals surface area contributed by atoms with Crippen molar-refractivity contribution in [2.45, 2.75) is 38.8 Å². The molecule has 0 spiro atoms. The zero-order valence-corrected chi connectivity index (χ0v) is 17.3. The minimum atomic E-state index is 0.557. The normalized spacial score (nSPS) is 15.7. The summed E-state index contributed by atoms with van der Waals surface area (Å²) in [6.07, 6.45) is 3.64. The maximum atomic E-state index is 5.42. The van der Waals surface area contributed by atoms with Gasteiger partial charge in [0.05, 0.1) is 13.7 Å². The molecule has 2 N–H and O–H groups in total. The van der Waals surface area contributed by atoms with E-state index in [9.17, 15) is 0 Å². The summed E-state index contributed by atoms with van der Waals surface area (Å²) >= 11 is 0. The molecule has 0 amide bonds. The average molecular weight is 377 g/mol. The molecule has 2 rings (SSSR count). The van der Waals surface area contributed by atoms with Crippen molar-refractivity contribution in [1.82, 2.24) is 15.5 Å². The van der Waals surface area contributed by atoms with E-state index in [-0.39, 0.29) is 0 Å². The molecule has 0 aromatic heterocycles. The third-order valence-corrected chi connectivity index (χ3v) is 4.85. The molecule has 0 aliphatic heterocycles. The zero-order valence-electron chi connectivity index (χ0n) is 17.3. The Hall–Kier alpha value is -1.79. The number of rotatable bonds is 12. The van der Waals surface area contributed by atoms with Crippen LogP contribution in [0.25, 0.3) is 0 Å². The van der Waals surface area contributed by atoms with E-state index in [4.69, 9.17) is 14.5 Å². The first-order valence-electron chi connectivity index (χ1n) is 10.0. The molecular weight excluding hydrogens is 340 g/mol. The highest BCUT2D eigenvalue weighted by molar-refractivity contribution is 5.79. The minimum Gasteiger partial charge on any atom is -0.497 e. The number of benzene rings is 1. The molecule has 1 aromatic carbocycles. The Morgan fingerprint density at radius 2 is 1.96 bits per heavy atom. The summed E-state index contributed by atoms with van der Waals surface area (Å²) in [5, 5.41) is 6.98. The first-order valence-corrected chi connectivity index (χ1v) is 10.0. The lowest BCUT2D eigenvalue weighted by Gasteiger charge is -2.25.